The van der Waals surface area contributed by atoms with Crippen LogP contribution in [-0.2, 0) is 11.2 Å². The van der Waals surface area contributed by atoms with Gasteiger partial charge in [-0.3, -0.25) is 4.79 Å². The van der Waals surface area contributed by atoms with Gasteiger partial charge < -0.3 is 4.90 Å². The molecule has 0 aliphatic carbocycles. The Hall–Kier alpha value is -1.84. The quantitative estimate of drug-likeness (QED) is 0.708. The lowest BCUT2D eigenvalue weighted by Crippen LogP contribution is -2.32. The Morgan fingerprint density at radius 3 is 2.50 bits per heavy atom. The molecule has 0 spiro atoms. The first-order valence-electron chi connectivity index (χ1n) is 5.31. The minimum Gasteiger partial charge on any atom is -0.318 e. The van der Waals surface area contributed by atoms with E-state index in [2.05, 4.69) is 0 Å². The van der Waals surface area contributed by atoms with E-state index in [1.165, 1.54) is 9.80 Å². The van der Waals surface area contributed by atoms with Crippen molar-refractivity contribution < 1.29 is 9.59 Å². The molecule has 1 aliphatic heterocycles. The topological polar surface area (TPSA) is 40.6 Å². The van der Waals surface area contributed by atoms with Crippen LogP contribution in [0.1, 0.15) is 12.5 Å². The van der Waals surface area contributed by atoms with E-state index < -0.39 is 0 Å². The average Bonchev–Trinajstić information content (AvgIpc) is 2.53. The molecule has 4 nitrogen and oxygen atoms in total. The Labute approximate surface area is 94.5 Å². The van der Waals surface area contributed by atoms with Gasteiger partial charge in [-0.15, -0.1) is 0 Å². The van der Waals surface area contributed by atoms with E-state index in [4.69, 9.17) is 0 Å². The van der Waals surface area contributed by atoms with Crippen molar-refractivity contribution >= 4 is 17.6 Å². The average molecular weight is 218 g/mol. The van der Waals surface area contributed by atoms with Crippen LogP contribution in [0.3, 0.4) is 0 Å². The maximum absolute atomic E-state index is 11.8. The van der Waals surface area contributed by atoms with Crippen LogP contribution in [-0.4, -0.2) is 30.4 Å². The van der Waals surface area contributed by atoms with Crippen LogP contribution in [0, 0.1) is 0 Å². The van der Waals surface area contributed by atoms with Gasteiger partial charge in [0, 0.05) is 7.05 Å². The van der Waals surface area contributed by atoms with Crippen LogP contribution in [0.15, 0.2) is 24.3 Å². The summed E-state index contributed by atoms with van der Waals surface area (Å²) in [6.45, 7) is 2.17. The maximum atomic E-state index is 11.8. The number of anilines is 1. The molecule has 0 saturated carbocycles. The van der Waals surface area contributed by atoms with E-state index in [1.54, 1.807) is 7.05 Å². The fourth-order valence-electron chi connectivity index (χ4n) is 1.88. The number of benzene rings is 1. The van der Waals surface area contributed by atoms with E-state index in [-0.39, 0.29) is 18.5 Å². The molecule has 0 N–H and O–H groups in total. The van der Waals surface area contributed by atoms with Gasteiger partial charge in [-0.05, 0) is 18.1 Å². The number of imide groups is 1. The van der Waals surface area contributed by atoms with Crippen LogP contribution < -0.4 is 4.90 Å². The van der Waals surface area contributed by atoms with E-state index >= 15 is 0 Å². The molecular formula is C12H14N2O2. The number of hydrogen-bond donors (Lipinski definition) is 0. The third-order valence-corrected chi connectivity index (χ3v) is 2.75. The van der Waals surface area contributed by atoms with Gasteiger partial charge in [0.2, 0.25) is 0 Å². The molecule has 0 unspecified atom stereocenters. The summed E-state index contributed by atoms with van der Waals surface area (Å²) in [6, 6.07) is 7.26. The van der Waals surface area contributed by atoms with Gasteiger partial charge in [-0.25, -0.2) is 9.69 Å². The molecule has 1 aliphatic rings. The number of urea groups is 1. The molecule has 84 valence electrons. The summed E-state index contributed by atoms with van der Waals surface area (Å²) in [5.41, 5.74) is 1.73. The molecule has 0 radical (unpaired) electrons. The Morgan fingerprint density at radius 2 is 1.94 bits per heavy atom. The van der Waals surface area contributed by atoms with E-state index in [9.17, 15) is 9.59 Å². The Balaban J connectivity index is 2.44. The number of aryl methyl sites for hydroxylation is 1. The molecule has 0 aromatic heterocycles. The van der Waals surface area contributed by atoms with Crippen LogP contribution in [0.2, 0.25) is 0 Å². The van der Waals surface area contributed by atoms with Crippen LogP contribution in [0.5, 0.6) is 0 Å². The standard InChI is InChI=1S/C12H14N2O2/c1-3-9-6-4-5-7-10(9)14-11(15)8-13(2)12(14)16/h4-7H,3,8H2,1-2H3. The van der Waals surface area contributed by atoms with Gasteiger partial charge in [-0.2, -0.15) is 0 Å². The summed E-state index contributed by atoms with van der Waals surface area (Å²) in [6.07, 6.45) is 0.803. The summed E-state index contributed by atoms with van der Waals surface area (Å²) in [5.74, 6) is -0.159. The van der Waals surface area contributed by atoms with E-state index in [1.807, 2.05) is 31.2 Å². The van der Waals surface area contributed by atoms with Gasteiger partial charge in [0.05, 0.1) is 5.69 Å². The number of likely N-dealkylation sites (N-methyl/N-ethyl adjacent to an activating group) is 1. The highest BCUT2D eigenvalue weighted by Crippen LogP contribution is 2.24. The molecule has 0 atom stereocenters. The first-order valence-corrected chi connectivity index (χ1v) is 5.31. The van der Waals surface area contributed by atoms with Crippen molar-refractivity contribution in [2.45, 2.75) is 13.3 Å². The lowest BCUT2D eigenvalue weighted by molar-refractivity contribution is -0.116. The molecule has 1 fully saturated rings. The zero-order valence-electron chi connectivity index (χ0n) is 9.43. The highest BCUT2D eigenvalue weighted by Gasteiger charge is 2.35. The van der Waals surface area contributed by atoms with Crippen molar-refractivity contribution in [3.63, 3.8) is 0 Å². The summed E-state index contributed by atoms with van der Waals surface area (Å²) in [7, 11) is 1.63. The van der Waals surface area contributed by atoms with Crippen LogP contribution >= 0.6 is 0 Å². The first kappa shape index (κ1) is 10.7. The van der Waals surface area contributed by atoms with Gasteiger partial charge in [0.15, 0.2) is 0 Å². The predicted octanol–water partition coefficient (Wildman–Crippen LogP) is 1.65. The number of nitrogens with zero attached hydrogens (tertiary/aromatic N) is 2. The largest absolute Gasteiger partial charge is 0.331 e. The number of rotatable bonds is 2. The lowest BCUT2D eigenvalue weighted by Gasteiger charge is -2.17. The molecule has 1 aromatic carbocycles. The highest BCUT2D eigenvalue weighted by atomic mass is 16.2. The molecule has 1 saturated heterocycles. The third kappa shape index (κ3) is 1.56. The zero-order chi connectivity index (χ0) is 11.7. The maximum Gasteiger partial charge on any atom is 0.331 e. The van der Waals surface area contributed by atoms with Crippen molar-refractivity contribution in [3.05, 3.63) is 29.8 Å². The fraction of sp³-hybridized carbons (Fsp3) is 0.333. The third-order valence-electron chi connectivity index (χ3n) is 2.75. The number of carbonyl (C=O) groups is 2. The highest BCUT2D eigenvalue weighted by molar-refractivity contribution is 6.20. The second-order valence-corrected chi connectivity index (χ2v) is 3.85. The van der Waals surface area contributed by atoms with E-state index in [0.717, 1.165) is 12.0 Å². The van der Waals surface area contributed by atoms with Crippen molar-refractivity contribution in [2.24, 2.45) is 0 Å². The van der Waals surface area contributed by atoms with Gasteiger partial charge in [-0.1, -0.05) is 25.1 Å². The number of hydrogen-bond acceptors (Lipinski definition) is 2. The van der Waals surface area contributed by atoms with Crippen molar-refractivity contribution in [3.8, 4) is 0 Å². The van der Waals surface area contributed by atoms with Gasteiger partial charge >= 0.3 is 6.03 Å². The normalized spacial score (nSPS) is 16.1. The molecular weight excluding hydrogens is 204 g/mol. The molecule has 1 aromatic rings. The molecule has 4 heteroatoms. The Bertz CT molecular complexity index is 442. The monoisotopic (exact) mass is 218 g/mol. The Kier molecular flexibility index (Phi) is 2.64. The lowest BCUT2D eigenvalue weighted by atomic mass is 10.1. The summed E-state index contributed by atoms with van der Waals surface area (Å²) >= 11 is 0. The molecule has 16 heavy (non-hydrogen) atoms. The summed E-state index contributed by atoms with van der Waals surface area (Å²) < 4.78 is 0. The van der Waals surface area contributed by atoms with Crippen molar-refractivity contribution in [1.29, 1.82) is 0 Å². The molecule has 3 amide bonds. The minimum absolute atomic E-state index is 0.159. The SMILES string of the molecule is CCc1ccccc1N1C(=O)CN(C)C1=O. The minimum atomic E-state index is -0.245. The molecule has 0 bridgehead atoms. The van der Waals surface area contributed by atoms with Crippen molar-refractivity contribution in [2.75, 3.05) is 18.5 Å². The predicted molar refractivity (Wildman–Crippen MR) is 61.3 cm³/mol. The van der Waals surface area contributed by atoms with Crippen LogP contribution in [0.4, 0.5) is 10.5 Å². The number of amides is 3. The molecule has 1 heterocycles. The zero-order valence-corrected chi connectivity index (χ0v) is 9.43. The Morgan fingerprint density at radius 1 is 1.25 bits per heavy atom. The van der Waals surface area contributed by atoms with Crippen molar-refractivity contribution in [1.82, 2.24) is 4.90 Å². The second kappa shape index (κ2) is 3.96. The first-order chi connectivity index (χ1) is 7.65. The van der Waals surface area contributed by atoms with Gasteiger partial charge in [0.1, 0.15) is 6.54 Å². The summed E-state index contributed by atoms with van der Waals surface area (Å²) in [5, 5.41) is 0. The van der Waals surface area contributed by atoms with Crippen LogP contribution in [0.25, 0.3) is 0 Å². The second-order valence-electron chi connectivity index (χ2n) is 3.85. The summed E-state index contributed by atoms with van der Waals surface area (Å²) in [4.78, 5) is 26.2. The molecule has 2 rings (SSSR count). The van der Waals surface area contributed by atoms with E-state index in [0.29, 0.717) is 5.69 Å². The smallest absolute Gasteiger partial charge is 0.318 e. The fourth-order valence-corrected chi connectivity index (χ4v) is 1.88. The number of para-hydroxylation sites is 1. The number of carbonyl (C=O) groups excluding carboxylic acids is 2. The van der Waals surface area contributed by atoms with Gasteiger partial charge in [0.25, 0.3) is 5.91 Å².